The first kappa shape index (κ1) is 14.9. The van der Waals surface area contributed by atoms with Crippen molar-refractivity contribution in [3.63, 3.8) is 0 Å². The van der Waals surface area contributed by atoms with Crippen LogP contribution in [0.4, 0.5) is 17.3 Å². The molecule has 0 aliphatic heterocycles. The molecule has 106 valence electrons. The first-order valence-corrected chi connectivity index (χ1v) is 6.92. The lowest BCUT2D eigenvalue weighted by Crippen LogP contribution is -2.26. The number of anilines is 3. The van der Waals surface area contributed by atoms with Gasteiger partial charge in [-0.2, -0.15) is 0 Å². The fourth-order valence-corrected chi connectivity index (χ4v) is 1.96. The number of nitrogens with zero attached hydrogens (tertiary/aromatic N) is 2. The van der Waals surface area contributed by atoms with Crippen molar-refractivity contribution < 1.29 is 0 Å². The zero-order valence-electron chi connectivity index (χ0n) is 11.5. The van der Waals surface area contributed by atoms with E-state index >= 15 is 0 Å². The molecule has 0 unspecified atom stereocenters. The van der Waals surface area contributed by atoms with Gasteiger partial charge in [-0.25, -0.2) is 9.97 Å². The molecule has 1 aromatic heterocycles. The first-order valence-electron chi connectivity index (χ1n) is 6.16. The van der Waals surface area contributed by atoms with Crippen molar-refractivity contribution >= 4 is 40.5 Å². The second-order valence-corrected chi connectivity index (χ2v) is 6.18. The van der Waals surface area contributed by atoms with Crippen molar-refractivity contribution in [1.29, 1.82) is 0 Å². The molecule has 6 heteroatoms. The summed E-state index contributed by atoms with van der Waals surface area (Å²) in [4.78, 5) is 8.36. The third kappa shape index (κ3) is 3.99. The van der Waals surface area contributed by atoms with Crippen LogP contribution >= 0.6 is 23.2 Å². The van der Waals surface area contributed by atoms with Crippen molar-refractivity contribution in [2.75, 3.05) is 10.6 Å². The van der Waals surface area contributed by atoms with Crippen molar-refractivity contribution in [1.82, 2.24) is 9.97 Å². The van der Waals surface area contributed by atoms with Gasteiger partial charge in [0, 0.05) is 11.6 Å². The molecule has 20 heavy (non-hydrogen) atoms. The van der Waals surface area contributed by atoms with Crippen molar-refractivity contribution in [2.24, 2.45) is 0 Å². The van der Waals surface area contributed by atoms with E-state index in [1.165, 1.54) is 6.33 Å². The quantitative estimate of drug-likeness (QED) is 0.860. The minimum atomic E-state index is -0.0701. The minimum Gasteiger partial charge on any atom is -0.365 e. The summed E-state index contributed by atoms with van der Waals surface area (Å²) in [5, 5.41) is 7.38. The lowest BCUT2D eigenvalue weighted by molar-refractivity contribution is 0.630. The highest BCUT2D eigenvalue weighted by Crippen LogP contribution is 2.31. The van der Waals surface area contributed by atoms with Crippen LogP contribution in [0.1, 0.15) is 20.8 Å². The van der Waals surface area contributed by atoms with Crippen LogP contribution in [0.5, 0.6) is 0 Å². The molecule has 0 bridgehead atoms. The monoisotopic (exact) mass is 310 g/mol. The number of halogens is 2. The van der Waals surface area contributed by atoms with Gasteiger partial charge in [-0.15, -0.1) is 0 Å². The average Bonchev–Trinajstić information content (AvgIpc) is 2.33. The topological polar surface area (TPSA) is 49.8 Å². The van der Waals surface area contributed by atoms with Gasteiger partial charge in [0.15, 0.2) is 0 Å². The van der Waals surface area contributed by atoms with E-state index in [1.54, 1.807) is 6.07 Å². The van der Waals surface area contributed by atoms with Crippen molar-refractivity contribution in [2.45, 2.75) is 26.3 Å². The van der Waals surface area contributed by atoms with Gasteiger partial charge in [0.2, 0.25) is 0 Å². The van der Waals surface area contributed by atoms with Crippen LogP contribution in [0.2, 0.25) is 10.0 Å². The SMILES string of the molecule is CC(C)(C)Nc1cc(Nc2cccc(Cl)c2Cl)ncn1. The van der Waals surface area contributed by atoms with E-state index < -0.39 is 0 Å². The molecule has 0 aliphatic rings. The zero-order valence-corrected chi connectivity index (χ0v) is 13.0. The van der Waals surface area contributed by atoms with Gasteiger partial charge in [-0.05, 0) is 32.9 Å². The van der Waals surface area contributed by atoms with Gasteiger partial charge in [0.1, 0.15) is 18.0 Å². The van der Waals surface area contributed by atoms with Gasteiger partial charge in [0.25, 0.3) is 0 Å². The van der Waals surface area contributed by atoms with Gasteiger partial charge in [-0.1, -0.05) is 29.3 Å². The summed E-state index contributed by atoms with van der Waals surface area (Å²) >= 11 is 12.1. The molecule has 0 radical (unpaired) electrons. The zero-order chi connectivity index (χ0) is 14.8. The fourth-order valence-electron chi connectivity index (χ4n) is 1.62. The fraction of sp³-hybridized carbons (Fsp3) is 0.286. The summed E-state index contributed by atoms with van der Waals surface area (Å²) in [7, 11) is 0. The Morgan fingerprint density at radius 1 is 1.05 bits per heavy atom. The second-order valence-electron chi connectivity index (χ2n) is 5.39. The third-order valence-electron chi connectivity index (χ3n) is 2.38. The van der Waals surface area contributed by atoms with Crippen molar-refractivity contribution in [3.05, 3.63) is 40.6 Å². The molecule has 2 N–H and O–H groups in total. The van der Waals surface area contributed by atoms with E-state index in [4.69, 9.17) is 23.2 Å². The summed E-state index contributed by atoms with van der Waals surface area (Å²) < 4.78 is 0. The molecular weight excluding hydrogens is 295 g/mol. The predicted octanol–water partition coefficient (Wildman–Crippen LogP) is 4.74. The van der Waals surface area contributed by atoms with Gasteiger partial charge < -0.3 is 10.6 Å². The van der Waals surface area contributed by atoms with Crippen LogP contribution in [0, 0.1) is 0 Å². The summed E-state index contributed by atoms with van der Waals surface area (Å²) in [6.45, 7) is 6.20. The van der Waals surface area contributed by atoms with Gasteiger partial charge >= 0.3 is 0 Å². The number of hydrogen-bond acceptors (Lipinski definition) is 4. The maximum Gasteiger partial charge on any atom is 0.135 e. The van der Waals surface area contributed by atoms with Crippen LogP contribution in [0.3, 0.4) is 0 Å². The molecule has 0 fully saturated rings. The van der Waals surface area contributed by atoms with E-state index in [0.717, 1.165) is 5.82 Å². The molecule has 0 atom stereocenters. The Morgan fingerprint density at radius 3 is 2.45 bits per heavy atom. The Kier molecular flexibility index (Phi) is 4.35. The maximum absolute atomic E-state index is 6.14. The largest absolute Gasteiger partial charge is 0.365 e. The standard InChI is InChI=1S/C14H16Cl2N4/c1-14(2,3)20-12-7-11(17-8-18-12)19-10-6-4-5-9(15)13(10)16/h4-8H,1-3H3,(H2,17,18,19,20). The molecule has 0 amide bonds. The van der Waals surface area contributed by atoms with Crippen molar-refractivity contribution in [3.8, 4) is 0 Å². The molecule has 0 saturated carbocycles. The number of hydrogen-bond donors (Lipinski definition) is 2. The van der Waals surface area contributed by atoms with Crippen LogP contribution in [0.25, 0.3) is 0 Å². The number of rotatable bonds is 3. The lowest BCUT2D eigenvalue weighted by Gasteiger charge is -2.21. The van der Waals surface area contributed by atoms with Crippen LogP contribution in [0.15, 0.2) is 30.6 Å². The average molecular weight is 311 g/mol. The van der Waals surface area contributed by atoms with Gasteiger partial charge in [-0.3, -0.25) is 0 Å². The Hall–Kier alpha value is -1.52. The number of benzene rings is 1. The Morgan fingerprint density at radius 2 is 1.75 bits per heavy atom. The third-order valence-corrected chi connectivity index (χ3v) is 3.20. The van der Waals surface area contributed by atoms with Crippen LogP contribution in [-0.2, 0) is 0 Å². The maximum atomic E-state index is 6.14. The molecule has 2 rings (SSSR count). The highest BCUT2D eigenvalue weighted by atomic mass is 35.5. The Balaban J connectivity index is 2.22. The summed E-state index contributed by atoms with van der Waals surface area (Å²) in [5.74, 6) is 1.39. The number of aromatic nitrogens is 2. The predicted molar refractivity (Wildman–Crippen MR) is 85.2 cm³/mol. The molecule has 0 spiro atoms. The lowest BCUT2D eigenvalue weighted by atomic mass is 10.1. The molecule has 0 saturated heterocycles. The van der Waals surface area contributed by atoms with E-state index in [-0.39, 0.29) is 5.54 Å². The van der Waals surface area contributed by atoms with E-state index in [2.05, 4.69) is 41.4 Å². The Labute approximate surface area is 128 Å². The molecule has 4 nitrogen and oxygen atoms in total. The minimum absolute atomic E-state index is 0.0701. The highest BCUT2D eigenvalue weighted by molar-refractivity contribution is 6.43. The summed E-state index contributed by atoms with van der Waals surface area (Å²) in [6, 6.07) is 7.23. The normalized spacial score (nSPS) is 11.2. The molecule has 0 aliphatic carbocycles. The van der Waals surface area contributed by atoms with E-state index in [1.807, 2.05) is 18.2 Å². The van der Waals surface area contributed by atoms with E-state index in [9.17, 15) is 0 Å². The molecule has 1 heterocycles. The number of nitrogens with one attached hydrogen (secondary N) is 2. The highest BCUT2D eigenvalue weighted by Gasteiger charge is 2.11. The van der Waals surface area contributed by atoms with Gasteiger partial charge in [0.05, 0.1) is 15.7 Å². The van der Waals surface area contributed by atoms with E-state index in [0.29, 0.717) is 21.6 Å². The molecular formula is C14H16Cl2N4. The van der Waals surface area contributed by atoms with Crippen LogP contribution < -0.4 is 10.6 Å². The van der Waals surface area contributed by atoms with Crippen LogP contribution in [-0.4, -0.2) is 15.5 Å². The second kappa shape index (κ2) is 5.85. The molecule has 1 aromatic carbocycles. The smallest absolute Gasteiger partial charge is 0.135 e. The first-order chi connectivity index (χ1) is 9.35. The summed E-state index contributed by atoms with van der Waals surface area (Å²) in [5.41, 5.74) is 0.638. The Bertz CT molecular complexity index is 608. The summed E-state index contributed by atoms with van der Waals surface area (Å²) in [6.07, 6.45) is 1.49. The molecule has 2 aromatic rings.